The van der Waals surface area contributed by atoms with Crippen LogP contribution in [0.15, 0.2) is 107 Å². The molecule has 0 fully saturated rings. The molecule has 2 aromatic heterocycles. The van der Waals surface area contributed by atoms with Gasteiger partial charge in [-0.2, -0.15) is 5.10 Å². The quantitative estimate of drug-likeness (QED) is 0.285. The number of amides is 1. The van der Waals surface area contributed by atoms with E-state index in [0.717, 1.165) is 21.2 Å². The smallest absolute Gasteiger partial charge is 0.264 e. The van der Waals surface area contributed by atoms with Crippen LogP contribution in [0.1, 0.15) is 29.0 Å². The summed E-state index contributed by atoms with van der Waals surface area (Å²) in [6, 6.07) is 27.9. The molecule has 1 N–H and O–H groups in total. The molecule has 0 saturated heterocycles. The lowest BCUT2D eigenvalue weighted by Gasteiger charge is -2.18. The molecule has 8 heteroatoms. The summed E-state index contributed by atoms with van der Waals surface area (Å²) >= 11 is 3.42. The zero-order valence-corrected chi connectivity index (χ0v) is 21.7. The minimum atomic E-state index is -0.142. The van der Waals surface area contributed by atoms with Gasteiger partial charge in [0.25, 0.3) is 5.56 Å². The molecule has 0 saturated carbocycles. The maximum absolute atomic E-state index is 13.0. The van der Waals surface area contributed by atoms with Crippen LogP contribution < -0.4 is 10.9 Å². The van der Waals surface area contributed by atoms with Crippen LogP contribution in [0.5, 0.6) is 0 Å². The highest BCUT2D eigenvalue weighted by atomic mass is 79.9. The number of hydrogen-bond acceptors (Lipinski definition) is 4. The second-order valence-electron chi connectivity index (χ2n) is 8.84. The number of aromatic nitrogens is 4. The summed E-state index contributed by atoms with van der Waals surface area (Å²) in [5, 5.41) is 7.81. The van der Waals surface area contributed by atoms with Gasteiger partial charge < -0.3 is 5.32 Å². The molecule has 0 aliphatic rings. The van der Waals surface area contributed by atoms with Crippen molar-refractivity contribution in [3.05, 3.63) is 129 Å². The van der Waals surface area contributed by atoms with Crippen LogP contribution in [0.2, 0.25) is 0 Å². The Bertz CT molecular complexity index is 1510. The number of rotatable bonds is 9. The maximum atomic E-state index is 13.0. The van der Waals surface area contributed by atoms with Gasteiger partial charge in [-0.25, -0.2) is 9.67 Å². The third-order valence-corrected chi connectivity index (χ3v) is 6.86. The van der Waals surface area contributed by atoms with Gasteiger partial charge in [-0.3, -0.25) is 14.2 Å². The van der Waals surface area contributed by atoms with Gasteiger partial charge in [-0.05, 0) is 28.8 Å². The first-order valence-electron chi connectivity index (χ1n) is 12.1. The minimum absolute atomic E-state index is 0.0289. The van der Waals surface area contributed by atoms with Crippen molar-refractivity contribution in [2.24, 2.45) is 0 Å². The van der Waals surface area contributed by atoms with Crippen molar-refractivity contribution in [3.8, 4) is 0 Å². The van der Waals surface area contributed by atoms with E-state index in [1.807, 2.05) is 60.7 Å². The Morgan fingerprint density at radius 2 is 1.57 bits per heavy atom. The van der Waals surface area contributed by atoms with Gasteiger partial charge >= 0.3 is 0 Å². The van der Waals surface area contributed by atoms with Crippen molar-refractivity contribution >= 4 is 32.9 Å². The largest absolute Gasteiger partial charge is 0.354 e. The van der Waals surface area contributed by atoms with Crippen molar-refractivity contribution in [1.82, 2.24) is 24.6 Å². The molecule has 3 aromatic carbocycles. The third kappa shape index (κ3) is 5.86. The average molecular weight is 556 g/mol. The molecule has 0 unspecified atom stereocenters. The van der Waals surface area contributed by atoms with E-state index in [4.69, 9.17) is 0 Å². The highest BCUT2D eigenvalue weighted by Crippen LogP contribution is 2.27. The number of carbonyl (C=O) groups is 1. The first-order valence-corrected chi connectivity index (χ1v) is 12.9. The van der Waals surface area contributed by atoms with Gasteiger partial charge in [0.2, 0.25) is 5.91 Å². The Balaban J connectivity index is 1.23. The number of benzene rings is 3. The van der Waals surface area contributed by atoms with E-state index in [0.29, 0.717) is 37.1 Å². The van der Waals surface area contributed by atoms with E-state index in [-0.39, 0.29) is 17.4 Å². The van der Waals surface area contributed by atoms with Crippen LogP contribution in [-0.4, -0.2) is 31.8 Å². The number of nitrogens with one attached hydrogen (secondary N) is 1. The lowest BCUT2D eigenvalue weighted by Crippen LogP contribution is -2.29. The van der Waals surface area contributed by atoms with Crippen LogP contribution in [0.25, 0.3) is 11.0 Å². The van der Waals surface area contributed by atoms with Gasteiger partial charge in [0.1, 0.15) is 11.7 Å². The Morgan fingerprint density at radius 1 is 0.919 bits per heavy atom. The monoisotopic (exact) mass is 555 g/mol. The molecule has 7 nitrogen and oxygen atoms in total. The van der Waals surface area contributed by atoms with Crippen LogP contribution in [0.4, 0.5) is 0 Å². The summed E-state index contributed by atoms with van der Waals surface area (Å²) < 4.78 is 4.22. The number of nitrogens with zero attached hydrogens (tertiary/aromatic N) is 4. The molecular formula is C29H26BrN5O2. The number of halogens is 1. The summed E-state index contributed by atoms with van der Waals surface area (Å²) in [6.45, 7) is 1.23. The lowest BCUT2D eigenvalue weighted by atomic mass is 9.88. The van der Waals surface area contributed by atoms with E-state index in [1.165, 1.54) is 0 Å². The van der Waals surface area contributed by atoms with E-state index >= 15 is 0 Å². The molecule has 5 aromatic rings. The van der Waals surface area contributed by atoms with Gasteiger partial charge in [0.05, 0.1) is 19.3 Å². The summed E-state index contributed by atoms with van der Waals surface area (Å²) in [5.41, 5.74) is 3.58. The van der Waals surface area contributed by atoms with Crippen LogP contribution in [0, 0.1) is 0 Å². The summed E-state index contributed by atoms with van der Waals surface area (Å²) in [6.07, 6.45) is 3.44. The molecule has 2 heterocycles. The van der Waals surface area contributed by atoms with Crippen LogP contribution in [0.3, 0.4) is 0 Å². The molecule has 186 valence electrons. The van der Waals surface area contributed by atoms with Crippen molar-refractivity contribution < 1.29 is 4.79 Å². The van der Waals surface area contributed by atoms with Crippen molar-refractivity contribution in [1.29, 1.82) is 0 Å². The fraction of sp³-hybridized carbons (Fsp3) is 0.172. The highest BCUT2D eigenvalue weighted by Gasteiger charge is 2.18. The first-order chi connectivity index (χ1) is 18.1. The maximum Gasteiger partial charge on any atom is 0.264 e. The van der Waals surface area contributed by atoms with Crippen molar-refractivity contribution in [2.45, 2.75) is 25.4 Å². The summed E-state index contributed by atoms with van der Waals surface area (Å²) in [4.78, 5) is 30.3. The zero-order chi connectivity index (χ0) is 25.6. The average Bonchev–Trinajstić information content (AvgIpc) is 3.35. The van der Waals surface area contributed by atoms with Gasteiger partial charge in [-0.1, -0.05) is 88.7 Å². The second kappa shape index (κ2) is 11.3. The molecular weight excluding hydrogens is 530 g/mol. The Labute approximate surface area is 222 Å². The molecule has 0 atom stereocenters. The number of carbonyl (C=O) groups excluding carboxylic acids is 1. The Kier molecular flexibility index (Phi) is 7.56. The second-order valence-corrected chi connectivity index (χ2v) is 9.75. The standard InChI is InChI=1S/C29H26BrN5O2/c30-24-13-11-21(12-14-24)19-34-20-32-28-26(29(34)37)18-33-35(28)16-15-31-27(36)17-25(22-7-3-1-4-8-22)23-9-5-2-6-10-23/h1-14,18,20,25H,15-17,19H2,(H,31,36). The molecule has 5 rings (SSSR count). The van der Waals surface area contributed by atoms with E-state index in [9.17, 15) is 9.59 Å². The molecule has 1 amide bonds. The SMILES string of the molecule is O=C(CC(c1ccccc1)c1ccccc1)NCCn1ncc2c(=O)n(Cc3ccc(Br)cc3)cnc21. The summed E-state index contributed by atoms with van der Waals surface area (Å²) in [5.74, 6) is -0.0715. The van der Waals surface area contributed by atoms with Gasteiger partial charge in [-0.15, -0.1) is 0 Å². The van der Waals surface area contributed by atoms with Gasteiger partial charge in [0, 0.05) is 23.4 Å². The van der Waals surface area contributed by atoms with E-state index in [2.05, 4.69) is 55.6 Å². The zero-order valence-electron chi connectivity index (χ0n) is 20.1. The predicted octanol–water partition coefficient (Wildman–Crippen LogP) is 4.74. The van der Waals surface area contributed by atoms with Gasteiger partial charge in [0.15, 0.2) is 5.65 Å². The minimum Gasteiger partial charge on any atom is -0.354 e. The first kappa shape index (κ1) is 24.6. The topological polar surface area (TPSA) is 81.8 Å². The molecule has 0 aliphatic carbocycles. The molecule has 0 radical (unpaired) electrons. The van der Waals surface area contributed by atoms with E-state index < -0.39 is 0 Å². The Morgan fingerprint density at radius 3 is 2.22 bits per heavy atom. The highest BCUT2D eigenvalue weighted by molar-refractivity contribution is 9.10. The molecule has 37 heavy (non-hydrogen) atoms. The lowest BCUT2D eigenvalue weighted by molar-refractivity contribution is -0.121. The number of fused-ring (bicyclic) bond motifs is 1. The fourth-order valence-corrected chi connectivity index (χ4v) is 4.68. The Hall–Kier alpha value is -4.04. The third-order valence-electron chi connectivity index (χ3n) is 6.33. The fourth-order valence-electron chi connectivity index (χ4n) is 4.42. The normalized spacial score (nSPS) is 11.2. The molecule has 0 bridgehead atoms. The van der Waals surface area contributed by atoms with Crippen LogP contribution in [-0.2, 0) is 17.9 Å². The van der Waals surface area contributed by atoms with E-state index in [1.54, 1.807) is 21.8 Å². The van der Waals surface area contributed by atoms with Crippen molar-refractivity contribution in [3.63, 3.8) is 0 Å². The number of hydrogen-bond donors (Lipinski definition) is 1. The van der Waals surface area contributed by atoms with Crippen LogP contribution >= 0.6 is 15.9 Å². The predicted molar refractivity (Wildman–Crippen MR) is 147 cm³/mol. The molecule has 0 aliphatic heterocycles. The van der Waals surface area contributed by atoms with Crippen molar-refractivity contribution in [2.75, 3.05) is 6.54 Å². The summed E-state index contributed by atoms with van der Waals surface area (Å²) in [7, 11) is 0. The molecule has 0 spiro atoms.